The van der Waals surface area contributed by atoms with Crippen molar-refractivity contribution < 1.29 is 31.5 Å². The minimum absolute atomic E-state index is 0.0139. The summed E-state index contributed by atoms with van der Waals surface area (Å²) < 4.78 is 67.9. The molecule has 0 unspecified atom stereocenters. The van der Waals surface area contributed by atoms with Crippen LogP contribution in [0.1, 0.15) is 24.2 Å². The SMILES string of the molecule is CC(C)COc1cc(C(=O)C(F)(F)F)cc(F)c1F. The van der Waals surface area contributed by atoms with Gasteiger partial charge in [0.25, 0.3) is 5.78 Å². The lowest BCUT2D eigenvalue weighted by atomic mass is 10.1. The van der Waals surface area contributed by atoms with Crippen molar-refractivity contribution in [3.63, 3.8) is 0 Å². The van der Waals surface area contributed by atoms with E-state index in [2.05, 4.69) is 0 Å². The van der Waals surface area contributed by atoms with Crippen LogP contribution in [0.4, 0.5) is 22.0 Å². The molecule has 1 aromatic rings. The number of benzene rings is 1. The molecule has 0 aliphatic heterocycles. The Kier molecular flexibility index (Phi) is 4.49. The van der Waals surface area contributed by atoms with Gasteiger partial charge in [-0.3, -0.25) is 4.79 Å². The van der Waals surface area contributed by atoms with Gasteiger partial charge in [-0.05, 0) is 18.1 Å². The average Bonchev–Trinajstić information content (AvgIpc) is 2.28. The van der Waals surface area contributed by atoms with E-state index in [-0.39, 0.29) is 18.6 Å². The van der Waals surface area contributed by atoms with Gasteiger partial charge in [-0.15, -0.1) is 0 Å². The van der Waals surface area contributed by atoms with Gasteiger partial charge in [0.2, 0.25) is 5.82 Å². The molecule has 1 aromatic carbocycles. The van der Waals surface area contributed by atoms with Crippen molar-refractivity contribution in [3.05, 3.63) is 29.3 Å². The largest absolute Gasteiger partial charge is 0.490 e. The second-order valence-corrected chi connectivity index (χ2v) is 4.30. The lowest BCUT2D eigenvalue weighted by Gasteiger charge is -2.12. The smallest absolute Gasteiger partial charge is 0.454 e. The molecular formula is C12H11F5O2. The Labute approximate surface area is 106 Å². The summed E-state index contributed by atoms with van der Waals surface area (Å²) in [5, 5.41) is 0. The van der Waals surface area contributed by atoms with Gasteiger partial charge in [0, 0.05) is 5.56 Å². The topological polar surface area (TPSA) is 26.3 Å². The van der Waals surface area contributed by atoms with Crippen LogP contribution >= 0.6 is 0 Å². The maximum absolute atomic E-state index is 13.3. The normalized spacial score (nSPS) is 11.8. The predicted octanol–water partition coefficient (Wildman–Crippen LogP) is 3.74. The van der Waals surface area contributed by atoms with Crippen molar-refractivity contribution in [1.29, 1.82) is 0 Å². The molecule has 0 heterocycles. The Bertz CT molecular complexity index is 480. The van der Waals surface area contributed by atoms with Crippen LogP contribution in [0, 0.1) is 17.6 Å². The number of rotatable bonds is 4. The van der Waals surface area contributed by atoms with Crippen LogP contribution in [-0.2, 0) is 0 Å². The van der Waals surface area contributed by atoms with Crippen molar-refractivity contribution in [1.82, 2.24) is 0 Å². The molecule has 0 aliphatic carbocycles. The summed E-state index contributed by atoms with van der Waals surface area (Å²) in [6, 6.07) is 0.754. The lowest BCUT2D eigenvalue weighted by molar-refractivity contribution is -0.0885. The quantitative estimate of drug-likeness (QED) is 0.621. The Hall–Kier alpha value is -1.66. The Balaban J connectivity index is 3.13. The van der Waals surface area contributed by atoms with E-state index in [1.54, 1.807) is 13.8 Å². The van der Waals surface area contributed by atoms with Gasteiger partial charge in [-0.1, -0.05) is 13.8 Å². The monoisotopic (exact) mass is 282 g/mol. The number of ether oxygens (including phenoxy) is 1. The third-order valence-electron chi connectivity index (χ3n) is 2.09. The first kappa shape index (κ1) is 15.4. The first-order valence-corrected chi connectivity index (χ1v) is 5.36. The number of carbonyl (C=O) groups excluding carboxylic acids is 1. The number of carbonyl (C=O) groups is 1. The molecule has 2 nitrogen and oxygen atoms in total. The van der Waals surface area contributed by atoms with E-state index < -0.39 is 34.9 Å². The number of hydrogen-bond acceptors (Lipinski definition) is 2. The summed E-state index contributed by atoms with van der Waals surface area (Å²) >= 11 is 0. The fraction of sp³-hybridized carbons (Fsp3) is 0.417. The third kappa shape index (κ3) is 3.90. The highest BCUT2D eigenvalue weighted by Gasteiger charge is 2.40. The van der Waals surface area contributed by atoms with Gasteiger partial charge in [-0.2, -0.15) is 17.6 Å². The minimum atomic E-state index is -5.15. The first-order valence-electron chi connectivity index (χ1n) is 5.36. The van der Waals surface area contributed by atoms with Crippen molar-refractivity contribution in [2.75, 3.05) is 6.61 Å². The summed E-state index contributed by atoms with van der Waals surface area (Å²) in [7, 11) is 0. The maximum atomic E-state index is 13.3. The highest BCUT2D eigenvalue weighted by Crippen LogP contribution is 2.27. The molecule has 0 fully saturated rings. The number of alkyl halides is 3. The van der Waals surface area contributed by atoms with E-state index in [9.17, 15) is 26.7 Å². The van der Waals surface area contributed by atoms with Crippen LogP contribution in [0.2, 0.25) is 0 Å². The molecule has 0 amide bonds. The number of ketones is 1. The van der Waals surface area contributed by atoms with Gasteiger partial charge >= 0.3 is 6.18 Å². The summed E-state index contributed by atoms with van der Waals surface area (Å²) in [6.07, 6.45) is -5.15. The Morgan fingerprint density at radius 3 is 2.32 bits per heavy atom. The summed E-state index contributed by atoms with van der Waals surface area (Å²) in [4.78, 5) is 11.0. The number of Topliss-reactive ketones (excluding diaryl/α,β-unsaturated/α-hetero) is 1. The highest BCUT2D eigenvalue weighted by molar-refractivity contribution is 6.00. The van der Waals surface area contributed by atoms with Gasteiger partial charge in [0.15, 0.2) is 11.6 Å². The van der Waals surface area contributed by atoms with Gasteiger partial charge in [0.1, 0.15) is 0 Å². The van der Waals surface area contributed by atoms with Crippen LogP contribution in [0.5, 0.6) is 5.75 Å². The van der Waals surface area contributed by atoms with Crippen LogP contribution in [0.15, 0.2) is 12.1 Å². The van der Waals surface area contributed by atoms with Crippen LogP contribution in [-0.4, -0.2) is 18.6 Å². The molecule has 0 saturated heterocycles. The van der Waals surface area contributed by atoms with Crippen LogP contribution in [0.3, 0.4) is 0 Å². The zero-order chi connectivity index (χ0) is 14.8. The molecule has 19 heavy (non-hydrogen) atoms. The summed E-state index contributed by atoms with van der Waals surface area (Å²) in [5.41, 5.74) is -0.995. The molecule has 0 bridgehead atoms. The Morgan fingerprint density at radius 1 is 1.26 bits per heavy atom. The van der Waals surface area contributed by atoms with Crippen LogP contribution in [0.25, 0.3) is 0 Å². The van der Waals surface area contributed by atoms with Gasteiger partial charge < -0.3 is 4.74 Å². The number of halogens is 5. The zero-order valence-corrected chi connectivity index (χ0v) is 10.1. The standard InChI is InChI=1S/C12H11F5O2/c1-6(2)5-19-9-4-7(3-8(13)10(9)14)11(18)12(15,16)17/h3-4,6H,5H2,1-2H3. The van der Waals surface area contributed by atoms with E-state index >= 15 is 0 Å². The van der Waals surface area contributed by atoms with Crippen molar-refractivity contribution in [2.45, 2.75) is 20.0 Å². The molecule has 106 valence electrons. The molecule has 0 radical (unpaired) electrons. The van der Waals surface area contributed by atoms with E-state index in [1.165, 1.54) is 0 Å². The molecule has 7 heteroatoms. The molecule has 0 aromatic heterocycles. The van der Waals surface area contributed by atoms with Crippen molar-refractivity contribution in [2.24, 2.45) is 5.92 Å². The van der Waals surface area contributed by atoms with E-state index in [0.717, 1.165) is 0 Å². The van der Waals surface area contributed by atoms with Crippen molar-refractivity contribution in [3.8, 4) is 5.75 Å². The van der Waals surface area contributed by atoms with E-state index in [1.807, 2.05) is 0 Å². The first-order chi connectivity index (χ1) is 8.62. The molecular weight excluding hydrogens is 271 g/mol. The lowest BCUT2D eigenvalue weighted by Crippen LogP contribution is -2.23. The van der Waals surface area contributed by atoms with Crippen LogP contribution < -0.4 is 4.74 Å². The Morgan fingerprint density at radius 2 is 1.84 bits per heavy atom. The van der Waals surface area contributed by atoms with E-state index in [0.29, 0.717) is 6.07 Å². The minimum Gasteiger partial charge on any atom is -0.490 e. The average molecular weight is 282 g/mol. The maximum Gasteiger partial charge on any atom is 0.454 e. The van der Waals surface area contributed by atoms with Crippen molar-refractivity contribution >= 4 is 5.78 Å². The second kappa shape index (κ2) is 5.54. The summed E-state index contributed by atoms with van der Waals surface area (Å²) in [5.74, 6) is -5.97. The molecule has 0 N–H and O–H groups in total. The molecule has 0 spiro atoms. The molecule has 0 aliphatic rings. The zero-order valence-electron chi connectivity index (χ0n) is 10.1. The molecule has 0 saturated carbocycles. The third-order valence-corrected chi connectivity index (χ3v) is 2.09. The fourth-order valence-electron chi connectivity index (χ4n) is 1.22. The molecule has 0 atom stereocenters. The highest BCUT2D eigenvalue weighted by atomic mass is 19.4. The summed E-state index contributed by atoms with van der Waals surface area (Å²) in [6.45, 7) is 3.43. The van der Waals surface area contributed by atoms with Gasteiger partial charge in [0.05, 0.1) is 6.61 Å². The fourth-order valence-corrected chi connectivity index (χ4v) is 1.22. The predicted molar refractivity (Wildman–Crippen MR) is 57.1 cm³/mol. The van der Waals surface area contributed by atoms with Gasteiger partial charge in [-0.25, -0.2) is 4.39 Å². The van der Waals surface area contributed by atoms with E-state index in [4.69, 9.17) is 4.74 Å². The molecule has 1 rings (SSSR count). The second-order valence-electron chi connectivity index (χ2n) is 4.30. The number of hydrogen-bond donors (Lipinski definition) is 0.